The summed E-state index contributed by atoms with van der Waals surface area (Å²) in [4.78, 5) is 45.7. The average Bonchev–Trinajstić information content (AvgIpc) is 2.84. The van der Waals surface area contributed by atoms with Gasteiger partial charge in [-0.25, -0.2) is 14.9 Å². The number of amides is 2. The number of imide groups is 1. The minimum atomic E-state index is -0.488. The van der Waals surface area contributed by atoms with Gasteiger partial charge in [0.1, 0.15) is 0 Å². The van der Waals surface area contributed by atoms with Gasteiger partial charge in [-0.15, -0.1) is 0 Å². The molecule has 1 aromatic carbocycles. The van der Waals surface area contributed by atoms with Crippen molar-refractivity contribution in [1.82, 2.24) is 14.9 Å². The summed E-state index contributed by atoms with van der Waals surface area (Å²) in [6.07, 6.45) is 0.129. The number of benzene rings is 1. The van der Waals surface area contributed by atoms with Crippen molar-refractivity contribution in [2.45, 2.75) is 25.4 Å². The third-order valence-corrected chi connectivity index (χ3v) is 4.58. The van der Waals surface area contributed by atoms with Crippen molar-refractivity contribution in [3.05, 3.63) is 52.8 Å². The second-order valence-corrected chi connectivity index (χ2v) is 6.82. The Hall–Kier alpha value is -2.74. The van der Waals surface area contributed by atoms with E-state index in [1.807, 2.05) is 19.9 Å². The molecule has 1 aliphatic heterocycles. The Balaban J connectivity index is 1.48. The van der Waals surface area contributed by atoms with E-state index >= 15 is 0 Å². The third kappa shape index (κ3) is 3.91. The van der Waals surface area contributed by atoms with Crippen molar-refractivity contribution in [1.29, 1.82) is 0 Å². The van der Waals surface area contributed by atoms with Crippen LogP contribution in [-0.4, -0.2) is 45.1 Å². The number of hydrogen-bond donors (Lipinski definition) is 0. The molecule has 0 spiro atoms. The van der Waals surface area contributed by atoms with Gasteiger partial charge in [-0.3, -0.25) is 14.4 Å². The maximum Gasteiger partial charge on any atom is 0.308 e. The van der Waals surface area contributed by atoms with Gasteiger partial charge in [0.15, 0.2) is 11.9 Å². The predicted octanol–water partition coefficient (Wildman–Crippen LogP) is 2.37. The van der Waals surface area contributed by atoms with Crippen molar-refractivity contribution in [2.75, 3.05) is 12.5 Å². The van der Waals surface area contributed by atoms with E-state index in [-0.39, 0.29) is 13.2 Å². The molecule has 0 saturated heterocycles. The van der Waals surface area contributed by atoms with Gasteiger partial charge in [0.05, 0.1) is 17.5 Å². The summed E-state index contributed by atoms with van der Waals surface area (Å²) in [7, 11) is 0. The minimum absolute atomic E-state index is 0.129. The number of esters is 1. The summed E-state index contributed by atoms with van der Waals surface area (Å²) in [5, 5.41) is 0.607. The highest BCUT2D eigenvalue weighted by atomic mass is 32.2. The molecule has 0 bridgehead atoms. The van der Waals surface area contributed by atoms with E-state index in [4.69, 9.17) is 4.74 Å². The highest BCUT2D eigenvalue weighted by Gasteiger charge is 2.35. The van der Waals surface area contributed by atoms with E-state index in [0.717, 1.165) is 16.3 Å². The van der Waals surface area contributed by atoms with Crippen molar-refractivity contribution in [3.8, 4) is 0 Å². The van der Waals surface area contributed by atoms with E-state index in [0.29, 0.717) is 22.0 Å². The van der Waals surface area contributed by atoms with Gasteiger partial charge in [0.2, 0.25) is 0 Å². The molecule has 2 aromatic rings. The standard InChI is InChI=1S/C18H17N3O4S/c1-11-9-12(2)20-18(19-11)26-8-7-15(22)25-10-21-16(23)13-5-3-4-6-14(13)17(21)24/h3-6,9H,7-8,10H2,1-2H3. The van der Waals surface area contributed by atoms with Crippen molar-refractivity contribution < 1.29 is 19.1 Å². The largest absolute Gasteiger partial charge is 0.444 e. The molecule has 0 radical (unpaired) electrons. The van der Waals surface area contributed by atoms with Crippen LogP contribution in [0.3, 0.4) is 0 Å². The van der Waals surface area contributed by atoms with Crippen LogP contribution in [0.2, 0.25) is 0 Å². The van der Waals surface area contributed by atoms with Crippen molar-refractivity contribution in [3.63, 3.8) is 0 Å². The quantitative estimate of drug-likeness (QED) is 0.333. The number of nitrogens with zero attached hydrogens (tertiary/aromatic N) is 3. The van der Waals surface area contributed by atoms with Crippen LogP contribution in [0, 0.1) is 13.8 Å². The molecule has 0 aliphatic carbocycles. The van der Waals surface area contributed by atoms with E-state index in [9.17, 15) is 14.4 Å². The number of rotatable bonds is 6. The number of aryl methyl sites for hydroxylation is 2. The molecule has 8 heteroatoms. The number of aromatic nitrogens is 2. The van der Waals surface area contributed by atoms with Crippen LogP contribution in [0.1, 0.15) is 38.5 Å². The highest BCUT2D eigenvalue weighted by Crippen LogP contribution is 2.22. The molecule has 2 heterocycles. The molecule has 0 unspecified atom stereocenters. The van der Waals surface area contributed by atoms with Crippen molar-refractivity contribution >= 4 is 29.5 Å². The molecule has 0 N–H and O–H groups in total. The molecule has 134 valence electrons. The maximum absolute atomic E-state index is 12.2. The Labute approximate surface area is 154 Å². The third-order valence-electron chi connectivity index (χ3n) is 3.73. The molecule has 1 aromatic heterocycles. The first kappa shape index (κ1) is 18.1. The molecule has 0 atom stereocenters. The summed E-state index contributed by atoms with van der Waals surface area (Å²) >= 11 is 1.36. The zero-order chi connectivity index (χ0) is 18.7. The van der Waals surface area contributed by atoms with Crippen LogP contribution in [0.25, 0.3) is 0 Å². The summed E-state index contributed by atoms with van der Waals surface area (Å²) in [6.45, 7) is 3.39. The zero-order valence-corrected chi connectivity index (χ0v) is 15.2. The first-order valence-electron chi connectivity index (χ1n) is 8.01. The van der Waals surface area contributed by atoms with E-state index < -0.39 is 17.8 Å². The lowest BCUT2D eigenvalue weighted by molar-refractivity contribution is -0.145. The number of fused-ring (bicyclic) bond motifs is 1. The Morgan fingerprint density at radius 2 is 1.65 bits per heavy atom. The van der Waals surface area contributed by atoms with Crippen LogP contribution < -0.4 is 0 Å². The second kappa shape index (κ2) is 7.65. The lowest BCUT2D eigenvalue weighted by atomic mass is 10.1. The SMILES string of the molecule is Cc1cc(C)nc(SCCC(=O)OCN2C(=O)c3ccccc3C2=O)n1. The smallest absolute Gasteiger partial charge is 0.308 e. The fraction of sp³-hybridized carbons (Fsp3) is 0.278. The van der Waals surface area contributed by atoms with Gasteiger partial charge < -0.3 is 4.74 Å². The second-order valence-electron chi connectivity index (χ2n) is 5.76. The summed E-state index contributed by atoms with van der Waals surface area (Å²) in [5.74, 6) is -0.935. The zero-order valence-electron chi connectivity index (χ0n) is 14.4. The molecular weight excluding hydrogens is 354 g/mol. The Bertz CT molecular complexity index is 829. The molecule has 2 amide bonds. The Morgan fingerprint density at radius 3 is 2.23 bits per heavy atom. The van der Waals surface area contributed by atoms with Gasteiger partial charge in [0, 0.05) is 17.1 Å². The number of hydrogen-bond acceptors (Lipinski definition) is 7. The van der Waals surface area contributed by atoms with Crippen LogP contribution in [-0.2, 0) is 9.53 Å². The number of ether oxygens (including phenoxy) is 1. The molecule has 0 fully saturated rings. The molecule has 0 saturated carbocycles. The van der Waals surface area contributed by atoms with E-state index in [1.54, 1.807) is 24.3 Å². The van der Waals surface area contributed by atoms with Crippen molar-refractivity contribution in [2.24, 2.45) is 0 Å². The first-order valence-corrected chi connectivity index (χ1v) is 9.00. The highest BCUT2D eigenvalue weighted by molar-refractivity contribution is 7.99. The molecule has 3 rings (SSSR count). The van der Waals surface area contributed by atoms with Gasteiger partial charge in [-0.1, -0.05) is 23.9 Å². The number of carbonyl (C=O) groups is 3. The van der Waals surface area contributed by atoms with Gasteiger partial charge in [0.25, 0.3) is 11.8 Å². The monoisotopic (exact) mass is 371 g/mol. The Kier molecular flexibility index (Phi) is 5.32. The van der Waals surface area contributed by atoms with Crippen LogP contribution >= 0.6 is 11.8 Å². The average molecular weight is 371 g/mol. The van der Waals surface area contributed by atoms with Crippen LogP contribution in [0.15, 0.2) is 35.5 Å². The summed E-state index contributed by atoms with van der Waals surface area (Å²) in [6, 6.07) is 8.41. The predicted molar refractivity (Wildman–Crippen MR) is 94.7 cm³/mol. The topological polar surface area (TPSA) is 89.5 Å². The fourth-order valence-electron chi connectivity index (χ4n) is 2.55. The normalized spacial score (nSPS) is 13.1. The fourth-order valence-corrected chi connectivity index (χ4v) is 3.42. The van der Waals surface area contributed by atoms with Crippen LogP contribution in [0.5, 0.6) is 0 Å². The van der Waals surface area contributed by atoms with Crippen LogP contribution in [0.4, 0.5) is 0 Å². The first-order chi connectivity index (χ1) is 12.5. The Morgan fingerprint density at radius 1 is 1.08 bits per heavy atom. The lowest BCUT2D eigenvalue weighted by Gasteiger charge is -2.13. The maximum atomic E-state index is 12.2. The molecule has 1 aliphatic rings. The summed E-state index contributed by atoms with van der Waals surface area (Å²) < 4.78 is 5.07. The van der Waals surface area contributed by atoms with E-state index in [2.05, 4.69) is 9.97 Å². The number of thioether (sulfide) groups is 1. The van der Waals surface area contributed by atoms with Gasteiger partial charge >= 0.3 is 5.97 Å². The molecular formula is C18H17N3O4S. The molecule has 26 heavy (non-hydrogen) atoms. The van der Waals surface area contributed by atoms with Gasteiger partial charge in [-0.05, 0) is 32.0 Å². The number of carbonyl (C=O) groups excluding carboxylic acids is 3. The molecule has 7 nitrogen and oxygen atoms in total. The lowest BCUT2D eigenvalue weighted by Crippen LogP contribution is -2.33. The van der Waals surface area contributed by atoms with Gasteiger partial charge in [-0.2, -0.15) is 0 Å². The minimum Gasteiger partial charge on any atom is -0.444 e. The summed E-state index contributed by atoms with van der Waals surface area (Å²) in [5.41, 5.74) is 2.40. The van der Waals surface area contributed by atoms with E-state index in [1.165, 1.54) is 11.8 Å².